The van der Waals surface area contributed by atoms with Crippen LogP contribution in [0.1, 0.15) is 47.2 Å². The Bertz CT molecular complexity index is 823. The number of allylic oxidation sites excluding steroid dienone is 4. The van der Waals surface area contributed by atoms with Gasteiger partial charge in [0.05, 0.1) is 11.2 Å². The highest BCUT2D eigenvalue weighted by molar-refractivity contribution is 5.78. The number of dihydropyridines is 1. The maximum atomic E-state index is 4.88. The van der Waals surface area contributed by atoms with E-state index in [1.54, 1.807) is 0 Å². The molecule has 2 heteroatoms. The maximum Gasteiger partial charge on any atom is 0.0705 e. The topological polar surface area (TPSA) is 24.9 Å². The van der Waals surface area contributed by atoms with Crippen molar-refractivity contribution in [3.63, 3.8) is 0 Å². The first-order valence-corrected chi connectivity index (χ1v) is 8.62. The van der Waals surface area contributed by atoms with E-state index >= 15 is 0 Å². The molecule has 0 spiro atoms. The monoisotopic (exact) mass is 320 g/mol. The predicted molar refractivity (Wildman–Crippen MR) is 105 cm³/mol. The number of nitrogens with zero attached hydrogens (tertiary/aromatic N) is 1. The number of nitrogens with one attached hydrogen (secondary N) is 1. The van der Waals surface area contributed by atoms with E-state index in [2.05, 4.69) is 69.9 Å². The fourth-order valence-corrected chi connectivity index (χ4v) is 3.02. The second-order valence-electron chi connectivity index (χ2n) is 6.50. The van der Waals surface area contributed by atoms with Gasteiger partial charge >= 0.3 is 0 Å². The molecule has 0 unspecified atom stereocenters. The maximum absolute atomic E-state index is 4.88. The summed E-state index contributed by atoms with van der Waals surface area (Å²) in [4.78, 5) is 4.88. The van der Waals surface area contributed by atoms with E-state index in [-0.39, 0.29) is 5.41 Å². The summed E-state index contributed by atoms with van der Waals surface area (Å²) in [5.74, 6) is 0. The molecule has 126 valence electrons. The van der Waals surface area contributed by atoms with Crippen LogP contribution in [0.2, 0.25) is 0 Å². The molecule has 0 aliphatic carbocycles. The molecule has 0 fully saturated rings. The highest BCUT2D eigenvalue weighted by Gasteiger charge is 2.30. The van der Waals surface area contributed by atoms with Crippen LogP contribution in [0.15, 0.2) is 71.6 Å². The number of rotatable bonds is 2. The van der Waals surface area contributed by atoms with Gasteiger partial charge in [0.15, 0.2) is 0 Å². The lowest BCUT2D eigenvalue weighted by molar-refractivity contribution is 0.558. The van der Waals surface area contributed by atoms with Crippen molar-refractivity contribution in [3.05, 3.63) is 77.3 Å². The Morgan fingerprint density at radius 3 is 2.38 bits per heavy atom. The van der Waals surface area contributed by atoms with Crippen molar-refractivity contribution >= 4 is 10.9 Å². The van der Waals surface area contributed by atoms with Crippen molar-refractivity contribution in [2.75, 3.05) is 0 Å². The largest absolute Gasteiger partial charge is 0.358 e. The summed E-state index contributed by atoms with van der Waals surface area (Å²) in [6.45, 7) is 16.7. The van der Waals surface area contributed by atoms with Gasteiger partial charge in [0, 0.05) is 22.2 Å². The lowest BCUT2D eigenvalue weighted by Crippen LogP contribution is -2.33. The first-order valence-electron chi connectivity index (χ1n) is 8.62. The number of fused-ring (bicyclic) bond motifs is 1. The van der Waals surface area contributed by atoms with E-state index in [0.29, 0.717) is 0 Å². The summed E-state index contributed by atoms with van der Waals surface area (Å²) >= 11 is 0. The zero-order valence-electron chi connectivity index (χ0n) is 15.7. The molecular formula is C22H28N2. The van der Waals surface area contributed by atoms with E-state index < -0.39 is 0 Å². The van der Waals surface area contributed by atoms with Crippen LogP contribution < -0.4 is 5.32 Å². The lowest BCUT2D eigenvalue weighted by Gasteiger charge is -2.33. The fourth-order valence-electron chi connectivity index (χ4n) is 3.02. The van der Waals surface area contributed by atoms with Gasteiger partial charge < -0.3 is 5.32 Å². The Morgan fingerprint density at radius 2 is 1.67 bits per heavy atom. The minimum atomic E-state index is -0.200. The summed E-state index contributed by atoms with van der Waals surface area (Å²) in [6, 6.07) is 12.5. The Morgan fingerprint density at radius 1 is 1.00 bits per heavy atom. The third-order valence-electron chi connectivity index (χ3n) is 4.44. The predicted octanol–water partition coefficient (Wildman–Crippen LogP) is 5.88. The van der Waals surface area contributed by atoms with E-state index in [0.717, 1.165) is 16.9 Å². The molecule has 1 aromatic heterocycles. The molecule has 0 bridgehead atoms. The molecule has 3 rings (SSSR count). The van der Waals surface area contributed by atoms with E-state index in [9.17, 15) is 0 Å². The SMILES string of the molecule is C=C1NC(C(C)(C)c2ccc3ccccc3n2)=C(C)C=C1C.CC. The number of hydrogen-bond acceptors (Lipinski definition) is 2. The zero-order chi connectivity index (χ0) is 17.9. The molecule has 0 amide bonds. The third kappa shape index (κ3) is 3.28. The van der Waals surface area contributed by atoms with Crippen molar-refractivity contribution in [2.45, 2.75) is 47.0 Å². The molecule has 2 heterocycles. The van der Waals surface area contributed by atoms with Crippen molar-refractivity contribution in [3.8, 4) is 0 Å². The van der Waals surface area contributed by atoms with E-state index in [1.807, 2.05) is 26.0 Å². The molecule has 1 aliphatic heterocycles. The van der Waals surface area contributed by atoms with Crippen molar-refractivity contribution in [1.82, 2.24) is 10.3 Å². The van der Waals surface area contributed by atoms with Gasteiger partial charge in [-0.05, 0) is 51.0 Å². The van der Waals surface area contributed by atoms with Gasteiger partial charge in [-0.25, -0.2) is 0 Å². The number of hydrogen-bond donors (Lipinski definition) is 1. The molecule has 2 nitrogen and oxygen atoms in total. The van der Waals surface area contributed by atoms with Crippen molar-refractivity contribution < 1.29 is 0 Å². The minimum Gasteiger partial charge on any atom is -0.358 e. The van der Waals surface area contributed by atoms with Crippen molar-refractivity contribution in [2.24, 2.45) is 0 Å². The summed E-state index contributed by atoms with van der Waals surface area (Å²) in [5.41, 5.74) is 6.46. The van der Waals surface area contributed by atoms with Crippen LogP contribution in [0.4, 0.5) is 0 Å². The number of pyridine rings is 1. The van der Waals surface area contributed by atoms with Crippen LogP contribution in [0.3, 0.4) is 0 Å². The normalized spacial score (nSPS) is 14.8. The fraction of sp³-hybridized carbons (Fsp3) is 0.318. The quantitative estimate of drug-likeness (QED) is 0.748. The molecule has 0 atom stereocenters. The van der Waals surface area contributed by atoms with Gasteiger partial charge in [0.1, 0.15) is 0 Å². The van der Waals surface area contributed by atoms with E-state index in [4.69, 9.17) is 4.98 Å². The second-order valence-corrected chi connectivity index (χ2v) is 6.50. The van der Waals surface area contributed by atoms with Gasteiger partial charge in [-0.15, -0.1) is 0 Å². The Labute approximate surface area is 146 Å². The molecule has 0 radical (unpaired) electrons. The van der Waals surface area contributed by atoms with E-state index in [1.165, 1.54) is 22.2 Å². The first-order chi connectivity index (χ1) is 11.4. The summed E-state index contributed by atoms with van der Waals surface area (Å²) in [6.07, 6.45) is 2.19. The number of para-hydroxylation sites is 1. The zero-order valence-corrected chi connectivity index (χ0v) is 15.7. The molecule has 1 aliphatic rings. The van der Waals surface area contributed by atoms with Crippen LogP contribution >= 0.6 is 0 Å². The van der Waals surface area contributed by atoms with Gasteiger partial charge in [-0.1, -0.05) is 50.8 Å². The second kappa shape index (κ2) is 7.04. The summed E-state index contributed by atoms with van der Waals surface area (Å²) in [7, 11) is 0. The molecular weight excluding hydrogens is 292 g/mol. The van der Waals surface area contributed by atoms with Crippen LogP contribution in [0, 0.1) is 0 Å². The number of aromatic nitrogens is 1. The van der Waals surface area contributed by atoms with Crippen LogP contribution in [-0.4, -0.2) is 4.98 Å². The number of benzene rings is 1. The molecule has 2 aromatic rings. The lowest BCUT2D eigenvalue weighted by atomic mass is 9.81. The highest BCUT2D eigenvalue weighted by atomic mass is 14.9. The van der Waals surface area contributed by atoms with Gasteiger partial charge in [0.2, 0.25) is 0 Å². The Kier molecular flexibility index (Phi) is 5.28. The van der Waals surface area contributed by atoms with Crippen LogP contribution in [0.5, 0.6) is 0 Å². The summed E-state index contributed by atoms with van der Waals surface area (Å²) < 4.78 is 0. The highest BCUT2D eigenvalue weighted by Crippen LogP contribution is 2.35. The van der Waals surface area contributed by atoms with Gasteiger partial charge in [-0.3, -0.25) is 4.98 Å². The standard InChI is InChI=1S/C20H22N2.C2H6/c1-13-12-14(2)19(21-15(13)3)20(4,5)18-11-10-16-8-6-7-9-17(16)22-18;1-2/h6-12,21H,3H2,1-2,4-5H3;1-2H3. The van der Waals surface area contributed by atoms with Gasteiger partial charge in [0.25, 0.3) is 0 Å². The third-order valence-corrected chi connectivity index (χ3v) is 4.44. The average molecular weight is 320 g/mol. The average Bonchev–Trinajstić information content (AvgIpc) is 2.59. The van der Waals surface area contributed by atoms with Crippen molar-refractivity contribution in [1.29, 1.82) is 0 Å². The molecule has 1 N–H and O–H groups in total. The Hall–Kier alpha value is -2.35. The Balaban J connectivity index is 0.00000100. The molecule has 24 heavy (non-hydrogen) atoms. The minimum absolute atomic E-state index is 0.200. The molecule has 0 saturated heterocycles. The summed E-state index contributed by atoms with van der Waals surface area (Å²) in [5, 5.41) is 4.65. The van der Waals surface area contributed by atoms with Gasteiger partial charge in [-0.2, -0.15) is 0 Å². The van der Waals surface area contributed by atoms with Crippen LogP contribution in [-0.2, 0) is 5.41 Å². The van der Waals surface area contributed by atoms with Crippen LogP contribution in [0.25, 0.3) is 10.9 Å². The molecule has 0 saturated carbocycles. The molecule has 1 aromatic carbocycles. The first kappa shape index (κ1) is 18.0. The smallest absolute Gasteiger partial charge is 0.0705 e.